The van der Waals surface area contributed by atoms with E-state index in [0.717, 1.165) is 6.42 Å². The number of rotatable bonds is 8. The predicted molar refractivity (Wildman–Crippen MR) is 85.1 cm³/mol. The maximum absolute atomic E-state index is 12.0. The van der Waals surface area contributed by atoms with Crippen LogP contribution in [0.1, 0.15) is 33.4 Å². The zero-order valence-electron chi connectivity index (χ0n) is 12.5. The van der Waals surface area contributed by atoms with Gasteiger partial charge in [-0.15, -0.1) is 11.3 Å². The highest BCUT2D eigenvalue weighted by Gasteiger charge is 2.24. The lowest BCUT2D eigenvalue weighted by atomic mass is 10.2. The smallest absolute Gasteiger partial charge is 0.263 e. The van der Waals surface area contributed by atoms with Gasteiger partial charge in [0.25, 0.3) is 11.8 Å². The number of ether oxygens (including phenoxy) is 1. The summed E-state index contributed by atoms with van der Waals surface area (Å²) in [6, 6.07) is 0. The minimum absolute atomic E-state index is 0.208. The Hall–Kier alpha value is -1.80. The van der Waals surface area contributed by atoms with Crippen molar-refractivity contribution in [3.63, 3.8) is 0 Å². The van der Waals surface area contributed by atoms with Gasteiger partial charge in [0.1, 0.15) is 9.88 Å². The molecule has 0 aliphatic rings. The predicted octanol–water partition coefficient (Wildman–Crippen LogP) is 0.888. The number of thiophene rings is 1. The van der Waals surface area contributed by atoms with Crippen molar-refractivity contribution in [2.45, 2.75) is 13.3 Å². The number of nitrogens with one attached hydrogen (secondary N) is 3. The lowest BCUT2D eigenvalue weighted by Crippen LogP contribution is -2.23. The molecule has 1 aromatic heterocycles. The van der Waals surface area contributed by atoms with E-state index in [0.29, 0.717) is 35.1 Å². The number of carbonyl (C=O) groups excluding carboxylic acids is 2. The van der Waals surface area contributed by atoms with Crippen LogP contribution in [-0.4, -0.2) is 45.7 Å². The Morgan fingerprint density at radius 1 is 1.33 bits per heavy atom. The van der Waals surface area contributed by atoms with Crippen LogP contribution in [0.25, 0.3) is 0 Å². The highest BCUT2D eigenvalue weighted by Crippen LogP contribution is 2.35. The van der Waals surface area contributed by atoms with E-state index >= 15 is 0 Å². The zero-order chi connectivity index (χ0) is 15.8. The molecular weight excluding hydrogens is 292 g/mol. The Kier molecular flexibility index (Phi) is 6.97. The summed E-state index contributed by atoms with van der Waals surface area (Å²) in [7, 11) is 3.16. The number of carbonyl (C=O) groups is 2. The van der Waals surface area contributed by atoms with Crippen LogP contribution in [0.2, 0.25) is 0 Å². The number of nitrogen functional groups attached to an aromatic ring is 1. The Morgan fingerprint density at radius 3 is 2.62 bits per heavy atom. The van der Waals surface area contributed by atoms with E-state index in [4.69, 9.17) is 10.5 Å². The summed E-state index contributed by atoms with van der Waals surface area (Å²) in [5, 5.41) is 8.97. The molecule has 2 amide bonds. The first-order chi connectivity index (χ1) is 10.1. The first kappa shape index (κ1) is 17.3. The average molecular weight is 314 g/mol. The number of amides is 2. The van der Waals surface area contributed by atoms with Crippen LogP contribution < -0.4 is 21.7 Å². The van der Waals surface area contributed by atoms with E-state index in [2.05, 4.69) is 16.0 Å². The van der Waals surface area contributed by atoms with E-state index in [-0.39, 0.29) is 17.5 Å². The van der Waals surface area contributed by atoms with Crippen molar-refractivity contribution < 1.29 is 14.3 Å². The molecule has 21 heavy (non-hydrogen) atoms. The fourth-order valence-corrected chi connectivity index (χ4v) is 2.81. The summed E-state index contributed by atoms with van der Waals surface area (Å²) in [5.74, 6) is -0.580. The molecule has 0 saturated carbocycles. The van der Waals surface area contributed by atoms with E-state index in [1.54, 1.807) is 7.11 Å². The van der Waals surface area contributed by atoms with Crippen molar-refractivity contribution in [3.8, 4) is 0 Å². The van der Waals surface area contributed by atoms with Gasteiger partial charge in [0, 0.05) is 33.9 Å². The summed E-state index contributed by atoms with van der Waals surface area (Å²) < 4.78 is 4.97. The second kappa shape index (κ2) is 8.48. The minimum Gasteiger partial charge on any atom is -0.397 e. The van der Waals surface area contributed by atoms with Crippen LogP contribution in [-0.2, 0) is 4.74 Å². The Balaban J connectivity index is 3.00. The van der Waals surface area contributed by atoms with Gasteiger partial charge in [-0.2, -0.15) is 0 Å². The Bertz CT molecular complexity index is 502. The molecule has 0 bridgehead atoms. The molecule has 7 nitrogen and oxygen atoms in total. The second-order valence-electron chi connectivity index (χ2n) is 4.26. The molecule has 0 aliphatic carbocycles. The van der Waals surface area contributed by atoms with Gasteiger partial charge in [-0.1, -0.05) is 0 Å². The summed E-state index contributed by atoms with van der Waals surface area (Å²) in [6.45, 7) is 3.58. The lowest BCUT2D eigenvalue weighted by molar-refractivity contribution is 0.0959. The number of anilines is 2. The van der Waals surface area contributed by atoms with Gasteiger partial charge >= 0.3 is 0 Å². The summed E-state index contributed by atoms with van der Waals surface area (Å²) >= 11 is 1.19. The van der Waals surface area contributed by atoms with E-state index in [1.807, 2.05) is 6.92 Å². The maximum Gasteiger partial charge on any atom is 0.263 e. The standard InChI is InChI=1S/C13H22N4O3S/c1-4-16-12(19)10-9(14)8(11(18)15-2)13(21-10)17-6-5-7-20-3/h17H,4-7,14H2,1-3H3,(H,15,18)(H,16,19). The molecule has 0 aliphatic heterocycles. The summed E-state index contributed by atoms with van der Waals surface area (Å²) in [6.07, 6.45) is 0.790. The van der Waals surface area contributed by atoms with Crippen molar-refractivity contribution >= 4 is 33.8 Å². The van der Waals surface area contributed by atoms with Crippen molar-refractivity contribution in [2.75, 3.05) is 44.9 Å². The Morgan fingerprint density at radius 2 is 2.05 bits per heavy atom. The first-order valence-electron chi connectivity index (χ1n) is 6.72. The van der Waals surface area contributed by atoms with Gasteiger partial charge in [-0.25, -0.2) is 0 Å². The van der Waals surface area contributed by atoms with Gasteiger partial charge < -0.3 is 26.4 Å². The largest absolute Gasteiger partial charge is 0.397 e. The van der Waals surface area contributed by atoms with E-state index in [1.165, 1.54) is 18.4 Å². The van der Waals surface area contributed by atoms with E-state index < -0.39 is 0 Å². The SMILES string of the molecule is CCNC(=O)c1sc(NCCCOC)c(C(=O)NC)c1N. The van der Waals surface area contributed by atoms with Crippen molar-refractivity contribution in [3.05, 3.63) is 10.4 Å². The van der Waals surface area contributed by atoms with Crippen molar-refractivity contribution in [1.29, 1.82) is 0 Å². The van der Waals surface area contributed by atoms with Crippen molar-refractivity contribution in [1.82, 2.24) is 10.6 Å². The molecule has 0 spiro atoms. The Labute approximate surface area is 128 Å². The van der Waals surface area contributed by atoms with Crippen LogP contribution in [0, 0.1) is 0 Å². The number of hydrogen-bond acceptors (Lipinski definition) is 6. The number of hydrogen-bond donors (Lipinski definition) is 4. The van der Waals surface area contributed by atoms with Gasteiger partial charge in [-0.3, -0.25) is 9.59 Å². The molecule has 0 fully saturated rings. The molecule has 0 unspecified atom stereocenters. The maximum atomic E-state index is 12.0. The fraction of sp³-hybridized carbons (Fsp3) is 0.538. The molecule has 1 heterocycles. The molecule has 1 aromatic rings. The van der Waals surface area contributed by atoms with Gasteiger partial charge in [-0.05, 0) is 13.3 Å². The molecule has 0 radical (unpaired) electrons. The topological polar surface area (TPSA) is 105 Å². The third kappa shape index (κ3) is 4.33. The van der Waals surface area contributed by atoms with Crippen LogP contribution in [0.3, 0.4) is 0 Å². The van der Waals surface area contributed by atoms with E-state index in [9.17, 15) is 9.59 Å². The first-order valence-corrected chi connectivity index (χ1v) is 7.53. The molecule has 5 N–H and O–H groups in total. The summed E-state index contributed by atoms with van der Waals surface area (Å²) in [5.41, 5.74) is 6.49. The molecule has 8 heteroatoms. The fourth-order valence-electron chi connectivity index (χ4n) is 1.75. The highest BCUT2D eigenvalue weighted by molar-refractivity contribution is 7.19. The average Bonchev–Trinajstić information content (AvgIpc) is 2.80. The van der Waals surface area contributed by atoms with Crippen molar-refractivity contribution in [2.24, 2.45) is 0 Å². The normalized spacial score (nSPS) is 10.2. The number of methoxy groups -OCH3 is 1. The van der Waals surface area contributed by atoms with Gasteiger partial charge in [0.05, 0.1) is 11.3 Å². The molecular formula is C13H22N4O3S. The van der Waals surface area contributed by atoms with Crippen LogP contribution in [0.4, 0.5) is 10.7 Å². The molecule has 0 atom stereocenters. The number of nitrogens with two attached hydrogens (primary N) is 1. The van der Waals surface area contributed by atoms with Gasteiger partial charge in [0.2, 0.25) is 0 Å². The third-order valence-electron chi connectivity index (χ3n) is 2.75. The molecule has 0 aromatic carbocycles. The summed E-state index contributed by atoms with van der Waals surface area (Å²) in [4.78, 5) is 24.3. The second-order valence-corrected chi connectivity index (χ2v) is 5.28. The lowest BCUT2D eigenvalue weighted by Gasteiger charge is -2.06. The quantitative estimate of drug-likeness (QED) is 0.533. The van der Waals surface area contributed by atoms with Crippen LogP contribution >= 0.6 is 11.3 Å². The highest BCUT2D eigenvalue weighted by atomic mass is 32.1. The minimum atomic E-state index is -0.312. The molecule has 1 rings (SSSR count). The van der Waals surface area contributed by atoms with Crippen LogP contribution in [0.15, 0.2) is 0 Å². The van der Waals surface area contributed by atoms with Crippen LogP contribution in [0.5, 0.6) is 0 Å². The molecule has 118 valence electrons. The zero-order valence-corrected chi connectivity index (χ0v) is 13.4. The monoisotopic (exact) mass is 314 g/mol. The third-order valence-corrected chi connectivity index (χ3v) is 3.92. The molecule has 0 saturated heterocycles. The van der Waals surface area contributed by atoms with Gasteiger partial charge in [0.15, 0.2) is 0 Å².